The molecule has 0 heterocycles. The van der Waals surface area contributed by atoms with Crippen molar-refractivity contribution < 1.29 is 43.8 Å². The minimum atomic E-state index is -1.64. The Hall–Kier alpha value is -3.09. The van der Waals surface area contributed by atoms with Crippen LogP contribution in [-0.4, -0.2) is 106 Å². The van der Waals surface area contributed by atoms with E-state index in [1.807, 2.05) is 6.26 Å². The highest BCUT2D eigenvalue weighted by atomic mass is 32.2. The van der Waals surface area contributed by atoms with Crippen LogP contribution in [0.2, 0.25) is 0 Å². The molecular weight excluding hydrogens is 546 g/mol. The number of aliphatic hydroxyl groups is 1. The summed E-state index contributed by atoms with van der Waals surface area (Å²) in [5.74, 6) is -6.85. The van der Waals surface area contributed by atoms with Gasteiger partial charge < -0.3 is 48.7 Å². The van der Waals surface area contributed by atoms with E-state index >= 15 is 0 Å². The summed E-state index contributed by atoms with van der Waals surface area (Å²) in [5, 5.41) is 27.5. The number of rotatable bonds is 19. The molecular formula is C20H35N7O9S2. The topological polar surface area (TPSA) is 286 Å². The molecule has 5 atom stereocenters. The molecule has 16 nitrogen and oxygen atoms in total. The number of primary amides is 2. The third kappa shape index (κ3) is 13.5. The number of thioether (sulfide) groups is 1. The molecule has 216 valence electrons. The quantitative estimate of drug-likeness (QED) is 0.0645. The summed E-state index contributed by atoms with van der Waals surface area (Å²) in [6, 6.07) is -7.08. The van der Waals surface area contributed by atoms with Crippen LogP contribution in [0.1, 0.15) is 25.7 Å². The number of carbonyl (C=O) groups is 7. The van der Waals surface area contributed by atoms with Crippen molar-refractivity contribution in [3.05, 3.63) is 0 Å². The van der Waals surface area contributed by atoms with Crippen molar-refractivity contribution in [3.8, 4) is 0 Å². The largest absolute Gasteiger partial charge is 0.480 e. The van der Waals surface area contributed by atoms with E-state index in [4.69, 9.17) is 22.3 Å². The van der Waals surface area contributed by atoms with Gasteiger partial charge in [0.1, 0.15) is 24.2 Å². The molecule has 0 unspecified atom stereocenters. The molecule has 0 aromatic heterocycles. The Labute approximate surface area is 228 Å². The fourth-order valence-electron chi connectivity index (χ4n) is 2.82. The summed E-state index contributed by atoms with van der Waals surface area (Å²) in [6.07, 6.45) is 0.646. The molecule has 0 aliphatic carbocycles. The zero-order chi connectivity index (χ0) is 29.4. The molecule has 0 aromatic rings. The van der Waals surface area contributed by atoms with E-state index < -0.39 is 84.6 Å². The number of hydrogen-bond donors (Lipinski definition) is 10. The minimum Gasteiger partial charge on any atom is -0.480 e. The first-order chi connectivity index (χ1) is 17.8. The number of nitrogens with one attached hydrogen (secondary N) is 4. The summed E-state index contributed by atoms with van der Waals surface area (Å²) >= 11 is 5.26. The van der Waals surface area contributed by atoms with Crippen molar-refractivity contribution in [1.82, 2.24) is 21.3 Å². The van der Waals surface area contributed by atoms with Gasteiger partial charge in [0.2, 0.25) is 35.4 Å². The van der Waals surface area contributed by atoms with Gasteiger partial charge >= 0.3 is 5.97 Å². The predicted molar refractivity (Wildman–Crippen MR) is 140 cm³/mol. The molecule has 12 N–H and O–H groups in total. The molecule has 0 fully saturated rings. The highest BCUT2D eigenvalue weighted by Gasteiger charge is 2.32. The van der Waals surface area contributed by atoms with Crippen LogP contribution in [0.25, 0.3) is 0 Å². The van der Waals surface area contributed by atoms with E-state index in [9.17, 15) is 38.7 Å². The fraction of sp³-hybridized carbons (Fsp3) is 0.650. The molecule has 6 amide bonds. The molecule has 0 aliphatic rings. The van der Waals surface area contributed by atoms with Crippen molar-refractivity contribution in [3.63, 3.8) is 0 Å². The van der Waals surface area contributed by atoms with E-state index in [0.717, 1.165) is 0 Å². The summed E-state index contributed by atoms with van der Waals surface area (Å²) in [5.41, 5.74) is 16.0. The fourth-order valence-corrected chi connectivity index (χ4v) is 3.55. The van der Waals surface area contributed by atoms with Crippen LogP contribution in [0, 0.1) is 0 Å². The maximum Gasteiger partial charge on any atom is 0.327 e. The number of carboxylic acids is 1. The van der Waals surface area contributed by atoms with E-state index in [0.29, 0.717) is 12.2 Å². The van der Waals surface area contributed by atoms with Crippen LogP contribution in [0.5, 0.6) is 0 Å². The second-order valence-electron chi connectivity index (χ2n) is 8.01. The van der Waals surface area contributed by atoms with Crippen molar-refractivity contribution in [1.29, 1.82) is 0 Å². The molecule has 0 aromatic carbocycles. The second-order valence-corrected chi connectivity index (χ2v) is 9.36. The van der Waals surface area contributed by atoms with Gasteiger partial charge in [0.15, 0.2) is 0 Å². The van der Waals surface area contributed by atoms with Gasteiger partial charge in [-0.1, -0.05) is 0 Å². The molecule has 0 radical (unpaired) electrons. The average molecular weight is 582 g/mol. The highest BCUT2D eigenvalue weighted by Crippen LogP contribution is 2.04. The lowest BCUT2D eigenvalue weighted by Gasteiger charge is -2.25. The average Bonchev–Trinajstić information content (AvgIpc) is 2.84. The van der Waals surface area contributed by atoms with Gasteiger partial charge in [-0.3, -0.25) is 28.8 Å². The van der Waals surface area contributed by atoms with Crippen LogP contribution >= 0.6 is 24.4 Å². The number of hydrogen-bond acceptors (Lipinski definition) is 11. The SMILES string of the molecule is CSCC[C@H](N)C(=O)N[C@@H](CO)C(=O)N[C@@H](CCC(N)=O)C(=O)N[C@@H](CC(N)=O)C(=O)N[C@@H](CS)C(=O)O. The third-order valence-electron chi connectivity index (χ3n) is 4.93. The molecule has 0 bridgehead atoms. The Morgan fingerprint density at radius 3 is 1.76 bits per heavy atom. The summed E-state index contributed by atoms with van der Waals surface area (Å²) < 4.78 is 0. The lowest BCUT2D eigenvalue weighted by molar-refractivity contribution is -0.141. The Morgan fingerprint density at radius 1 is 0.789 bits per heavy atom. The molecule has 0 rings (SSSR count). The summed E-state index contributed by atoms with van der Waals surface area (Å²) in [6.45, 7) is -0.857. The third-order valence-corrected chi connectivity index (χ3v) is 5.94. The molecule has 0 aliphatic heterocycles. The van der Waals surface area contributed by atoms with E-state index in [1.54, 1.807) is 0 Å². The number of nitrogens with two attached hydrogens (primary N) is 3. The molecule has 0 saturated carbocycles. The maximum atomic E-state index is 12.9. The lowest BCUT2D eigenvalue weighted by atomic mass is 10.1. The lowest BCUT2D eigenvalue weighted by Crippen LogP contribution is -2.59. The number of carboxylic acid groups (broad SMARTS) is 1. The highest BCUT2D eigenvalue weighted by molar-refractivity contribution is 7.98. The van der Waals surface area contributed by atoms with Gasteiger partial charge in [0, 0.05) is 12.2 Å². The number of carbonyl (C=O) groups excluding carboxylic acids is 6. The predicted octanol–water partition coefficient (Wildman–Crippen LogP) is -4.85. The van der Waals surface area contributed by atoms with Crippen molar-refractivity contribution >= 4 is 65.8 Å². The Kier molecular flexibility index (Phi) is 16.7. The van der Waals surface area contributed by atoms with Crippen LogP contribution in [-0.2, 0) is 33.6 Å². The van der Waals surface area contributed by atoms with Crippen molar-refractivity contribution in [2.75, 3.05) is 24.4 Å². The normalized spacial score (nSPS) is 14.6. The minimum absolute atomic E-state index is 0.301. The first-order valence-corrected chi connectivity index (χ1v) is 13.3. The monoisotopic (exact) mass is 581 g/mol. The molecule has 38 heavy (non-hydrogen) atoms. The zero-order valence-electron chi connectivity index (χ0n) is 20.7. The number of amides is 6. The van der Waals surface area contributed by atoms with Crippen molar-refractivity contribution in [2.45, 2.75) is 55.9 Å². The maximum absolute atomic E-state index is 12.9. The van der Waals surface area contributed by atoms with Gasteiger partial charge in [0.05, 0.1) is 19.1 Å². The first-order valence-electron chi connectivity index (χ1n) is 11.2. The van der Waals surface area contributed by atoms with E-state index in [-0.39, 0.29) is 18.6 Å². The Balaban J connectivity index is 5.65. The summed E-state index contributed by atoms with van der Waals surface area (Å²) in [4.78, 5) is 84.3. The van der Waals surface area contributed by atoms with Crippen LogP contribution in [0.15, 0.2) is 0 Å². The number of aliphatic hydroxyl groups excluding tert-OH is 1. The number of thiol groups is 1. The number of aliphatic carboxylic acids is 1. The Bertz CT molecular complexity index is 878. The van der Waals surface area contributed by atoms with Gasteiger partial charge in [-0.05, 0) is 24.9 Å². The Morgan fingerprint density at radius 2 is 1.29 bits per heavy atom. The van der Waals surface area contributed by atoms with Gasteiger partial charge in [0.25, 0.3) is 0 Å². The zero-order valence-corrected chi connectivity index (χ0v) is 22.4. The summed E-state index contributed by atoms with van der Waals surface area (Å²) in [7, 11) is 0. The van der Waals surface area contributed by atoms with Gasteiger partial charge in [-0.15, -0.1) is 0 Å². The standard InChI is InChI=1S/C20H35N7O9S2/c1-38-5-4-9(21)16(31)26-12(7-28)19(34)24-10(2-3-14(22)29)17(32)25-11(6-15(23)30)18(33)27-13(8-37)20(35)36/h9-13,28,37H,2-8,21H2,1H3,(H2,22,29)(H2,23,30)(H,24,34)(H,25,32)(H,26,31)(H,27,33)(H,35,36)/t9-,10-,11-,12-,13-/m0/s1. The van der Waals surface area contributed by atoms with Crippen LogP contribution in [0.4, 0.5) is 0 Å². The van der Waals surface area contributed by atoms with Crippen molar-refractivity contribution in [2.24, 2.45) is 17.2 Å². The van der Waals surface area contributed by atoms with E-state index in [1.165, 1.54) is 11.8 Å². The molecule has 18 heteroatoms. The van der Waals surface area contributed by atoms with Crippen LogP contribution in [0.3, 0.4) is 0 Å². The first kappa shape index (κ1) is 34.9. The molecule has 0 spiro atoms. The second kappa shape index (κ2) is 18.2. The molecule has 0 saturated heterocycles. The van der Waals surface area contributed by atoms with Crippen LogP contribution < -0.4 is 38.5 Å². The van der Waals surface area contributed by atoms with Gasteiger partial charge in [-0.25, -0.2) is 4.79 Å². The van der Waals surface area contributed by atoms with E-state index in [2.05, 4.69) is 33.9 Å². The smallest absolute Gasteiger partial charge is 0.327 e. The van der Waals surface area contributed by atoms with Gasteiger partial charge in [-0.2, -0.15) is 24.4 Å².